The van der Waals surface area contributed by atoms with Crippen LogP contribution in [0, 0.1) is 0 Å². The Labute approximate surface area is 536 Å². The SMILES string of the molecule is CC(=O)N[C@@H]1[C@@H](O)[C@H](O[C@@H]2O[C@H](CO)[C@@H](O[C@H]3O[C@H](CO[C@H]4O[C@H](CO[C@H]5O[C@H](CO)[C@@H](O)[C@H](O)[C@@H]5O)[C@@H](O)[C@H](O[C@H]5O[C@H](CO)[C@@H](O)[C@H](O)[C@@H]5O)[C@@H]4O)[C@@H](O)[C@H](O[C@H]4O[C@H](CO)[C@@H](O)[C@H](O)[C@@H]4O[C@H]4O[C@H](CO)[C@@H](O)[C@H](O)[C@@H]4O)[C@@H]3O)[C@H](O)[C@H]2NC(C)=O)[C@@H](CO)O[C@H]1O. The van der Waals surface area contributed by atoms with Crippen LogP contribution in [-0.4, -0.2) is 433 Å². The van der Waals surface area contributed by atoms with Crippen molar-refractivity contribution in [2.24, 2.45) is 0 Å². The van der Waals surface area contributed by atoms with Gasteiger partial charge in [-0.15, -0.1) is 0 Å². The zero-order valence-electron chi connectivity index (χ0n) is 50.4. The first-order valence-corrected chi connectivity index (χ1v) is 30.1. The monoisotopic (exact) mass is 1400 g/mol. The Morgan fingerprint density at radius 3 is 1.02 bits per heavy atom. The van der Waals surface area contributed by atoms with Crippen molar-refractivity contribution in [3.8, 4) is 0 Å². The van der Waals surface area contributed by atoms with Crippen molar-refractivity contribution in [2.45, 2.75) is 259 Å². The van der Waals surface area contributed by atoms with Gasteiger partial charge in [-0.3, -0.25) is 9.59 Å². The van der Waals surface area contributed by atoms with Crippen molar-refractivity contribution in [1.82, 2.24) is 10.6 Å². The molecule has 2 amide bonds. The zero-order chi connectivity index (χ0) is 69.9. The number of carbonyl (C=O) groups is 2. The van der Waals surface area contributed by atoms with Crippen LogP contribution in [0.2, 0.25) is 0 Å². The molecular formula is C52H88N2O41. The molecular weight excluding hydrogens is 1310 g/mol. The average molecular weight is 1400 g/mol. The van der Waals surface area contributed by atoms with Gasteiger partial charge in [0, 0.05) is 13.8 Å². The quantitative estimate of drug-likeness (QED) is 0.0427. The second-order valence-electron chi connectivity index (χ2n) is 23.9. The van der Waals surface area contributed by atoms with Gasteiger partial charge in [0.2, 0.25) is 11.8 Å². The van der Waals surface area contributed by atoms with E-state index in [0.717, 1.165) is 13.8 Å². The van der Waals surface area contributed by atoms with Crippen molar-refractivity contribution in [2.75, 3.05) is 52.9 Å². The minimum absolute atomic E-state index is 0.766. The minimum atomic E-state index is -2.49. The van der Waals surface area contributed by atoms with Crippen molar-refractivity contribution in [3.05, 3.63) is 0 Å². The van der Waals surface area contributed by atoms with E-state index in [-0.39, 0.29) is 0 Å². The van der Waals surface area contributed by atoms with Gasteiger partial charge in [-0.2, -0.15) is 0 Å². The molecule has 0 aliphatic carbocycles. The Bertz CT molecular complexity index is 2380. The number of hydrogen-bond acceptors (Lipinski definition) is 41. The Balaban J connectivity index is 1.12. The predicted octanol–water partition coefficient (Wildman–Crippen LogP) is -18.2. The minimum Gasteiger partial charge on any atom is -0.394 e. The molecule has 0 radical (unpaired) electrons. The molecule has 8 aliphatic heterocycles. The van der Waals surface area contributed by atoms with Gasteiger partial charge in [0.1, 0.15) is 195 Å². The van der Waals surface area contributed by atoms with Crippen molar-refractivity contribution >= 4 is 11.8 Å². The maximum atomic E-state index is 12.8. The molecule has 8 fully saturated rings. The first-order chi connectivity index (χ1) is 44.9. The fourth-order valence-electron chi connectivity index (χ4n) is 12.1. The van der Waals surface area contributed by atoms with Crippen LogP contribution in [0.4, 0.5) is 0 Å². The molecule has 0 saturated carbocycles. The first-order valence-electron chi connectivity index (χ1n) is 30.1. The Morgan fingerprint density at radius 2 is 0.568 bits per heavy atom. The molecule has 0 aromatic heterocycles. The van der Waals surface area contributed by atoms with Crippen LogP contribution in [0.15, 0.2) is 0 Å². The summed E-state index contributed by atoms with van der Waals surface area (Å²) in [5, 5.41) is 266. The van der Waals surface area contributed by atoms with Gasteiger partial charge in [-0.1, -0.05) is 0 Å². The standard InChI is InChI=1S/C52H88N2O41/c1-11(61)53-21-29(69)40(17(7-59)83-45(21)80)91-46-22(54-12(2)62)30(70)41(18(8-60)88-46)92-51-39(79)43(94-52-44(34(74)26(66)16(6-58)87-52)95-50-37(77)33(73)25(65)15(5-57)86-50)28(68)20(90-51)10-82-48-38(78)42(93-49-36(76)32(72)24(64)14(4-56)85-49)27(67)19(89-48)9-81-47-35(75)31(71)23(63)13(3-55)84-47/h13-52,55-60,63-80H,3-10H2,1-2H3,(H,53,61)(H,54,62)/t13-,14-,15-,16-,17-,18-,19-,20-,21-,22-,23-,24-,25-,26-,27-,28-,29-,30-,31+,32+,33+,34+,35+,36+,37+,38+,39+,40-,41-,42+,43+,44+,45-,46+,47+,48+,49-,50-,51-,52-/m1/s1. The normalized spacial score (nSPS) is 50.8. The van der Waals surface area contributed by atoms with E-state index in [2.05, 4.69) is 10.6 Å². The largest absolute Gasteiger partial charge is 0.394 e. The van der Waals surface area contributed by atoms with Crippen molar-refractivity contribution < 1.29 is 203 Å². The van der Waals surface area contributed by atoms with Crippen LogP contribution in [0.5, 0.6) is 0 Å². The molecule has 0 unspecified atom stereocenters. The summed E-state index contributed by atoms with van der Waals surface area (Å²) in [6.07, 6.45) is -77.9. The number of nitrogens with one attached hydrogen (secondary N) is 2. The second-order valence-corrected chi connectivity index (χ2v) is 23.9. The Kier molecular flexibility index (Phi) is 27.9. The highest BCUT2D eigenvalue weighted by Crippen LogP contribution is 2.38. The highest BCUT2D eigenvalue weighted by Gasteiger charge is 2.59. The van der Waals surface area contributed by atoms with E-state index in [0.29, 0.717) is 0 Å². The van der Waals surface area contributed by atoms with Crippen LogP contribution in [0.25, 0.3) is 0 Å². The van der Waals surface area contributed by atoms with Gasteiger partial charge in [-0.05, 0) is 0 Å². The summed E-state index contributed by atoms with van der Waals surface area (Å²) >= 11 is 0. The molecule has 8 saturated heterocycles. The van der Waals surface area contributed by atoms with Crippen LogP contribution in [0.1, 0.15) is 13.8 Å². The fourth-order valence-corrected chi connectivity index (χ4v) is 12.1. The molecule has 43 nitrogen and oxygen atoms in total. The Morgan fingerprint density at radius 1 is 0.274 bits per heavy atom. The average Bonchev–Trinajstić information content (AvgIpc) is 0.779. The number of rotatable bonds is 24. The zero-order valence-corrected chi connectivity index (χ0v) is 50.4. The van der Waals surface area contributed by atoms with Gasteiger partial charge in [0.15, 0.2) is 50.3 Å². The molecule has 0 aromatic carbocycles. The summed E-state index contributed by atoms with van der Waals surface area (Å²) in [5.74, 6) is -1.68. The lowest BCUT2D eigenvalue weighted by atomic mass is 9.94. The lowest BCUT2D eigenvalue weighted by Gasteiger charge is -2.50. The smallest absolute Gasteiger partial charge is 0.217 e. The predicted molar refractivity (Wildman–Crippen MR) is 288 cm³/mol. The summed E-state index contributed by atoms with van der Waals surface area (Å²) in [4.78, 5) is 24.9. The highest BCUT2D eigenvalue weighted by atomic mass is 16.8. The van der Waals surface area contributed by atoms with Crippen molar-refractivity contribution in [1.29, 1.82) is 0 Å². The maximum Gasteiger partial charge on any atom is 0.217 e. The summed E-state index contributed by atoms with van der Waals surface area (Å²) in [5.41, 5.74) is 0. The molecule has 0 aromatic rings. The number of aliphatic hydroxyl groups excluding tert-OH is 24. The maximum absolute atomic E-state index is 12.8. The molecule has 8 aliphatic rings. The van der Waals surface area contributed by atoms with E-state index in [1.54, 1.807) is 0 Å². The molecule has 26 N–H and O–H groups in total. The van der Waals surface area contributed by atoms with Gasteiger partial charge in [0.25, 0.3) is 0 Å². The molecule has 0 spiro atoms. The number of ether oxygens (including phenoxy) is 15. The number of aliphatic hydroxyl groups is 24. The third-order valence-corrected chi connectivity index (χ3v) is 17.4. The second kappa shape index (κ2) is 33.9. The summed E-state index contributed by atoms with van der Waals surface area (Å²) < 4.78 is 86.6. The summed E-state index contributed by atoms with van der Waals surface area (Å²) in [6, 6.07) is -3.49. The van der Waals surface area contributed by atoms with E-state index in [4.69, 9.17) is 71.1 Å². The summed E-state index contributed by atoms with van der Waals surface area (Å²) in [6.45, 7) is -6.26. The van der Waals surface area contributed by atoms with Crippen LogP contribution in [0.3, 0.4) is 0 Å². The van der Waals surface area contributed by atoms with Gasteiger partial charge >= 0.3 is 0 Å². The van der Waals surface area contributed by atoms with E-state index in [1.165, 1.54) is 0 Å². The van der Waals surface area contributed by atoms with E-state index in [1.807, 2.05) is 0 Å². The van der Waals surface area contributed by atoms with Crippen molar-refractivity contribution in [3.63, 3.8) is 0 Å². The molecule has 8 rings (SSSR count). The van der Waals surface area contributed by atoms with E-state index >= 15 is 0 Å². The Hall–Kier alpha value is -2.62. The van der Waals surface area contributed by atoms with Gasteiger partial charge < -0.3 is 204 Å². The number of carbonyl (C=O) groups excluding carboxylic acids is 2. The van der Waals surface area contributed by atoms with Gasteiger partial charge in [0.05, 0.1) is 52.9 Å². The third kappa shape index (κ3) is 17.0. The van der Waals surface area contributed by atoms with E-state index in [9.17, 15) is 132 Å². The molecule has 552 valence electrons. The lowest BCUT2D eigenvalue weighted by molar-refractivity contribution is -0.399. The fraction of sp³-hybridized carbons (Fsp3) is 0.962. The van der Waals surface area contributed by atoms with Gasteiger partial charge in [-0.25, -0.2) is 0 Å². The van der Waals surface area contributed by atoms with Crippen LogP contribution >= 0.6 is 0 Å². The molecule has 0 bridgehead atoms. The van der Waals surface area contributed by atoms with E-state index < -0.39 is 310 Å². The molecule has 95 heavy (non-hydrogen) atoms. The summed E-state index contributed by atoms with van der Waals surface area (Å²) in [7, 11) is 0. The third-order valence-electron chi connectivity index (χ3n) is 17.4. The molecule has 8 heterocycles. The molecule has 40 atom stereocenters. The number of amides is 2. The topological polar surface area (TPSA) is 682 Å². The molecule has 43 heteroatoms. The van der Waals surface area contributed by atoms with Crippen LogP contribution < -0.4 is 10.6 Å². The number of hydrogen-bond donors (Lipinski definition) is 26. The van der Waals surface area contributed by atoms with Crippen LogP contribution in [-0.2, 0) is 80.6 Å². The highest BCUT2D eigenvalue weighted by molar-refractivity contribution is 5.73. The lowest BCUT2D eigenvalue weighted by Crippen LogP contribution is -2.70. The first kappa shape index (κ1) is 78.1.